The summed E-state index contributed by atoms with van der Waals surface area (Å²) in [6, 6.07) is 11.7. The number of carbonyl (C=O) groups is 2. The molecule has 2 aliphatic rings. The second-order valence-electron chi connectivity index (χ2n) is 9.37. The van der Waals surface area contributed by atoms with Crippen LogP contribution >= 0.6 is 0 Å². The standard InChI is InChI=1S/C26H34N4O3/c27-22-5-1-3-20(16-22)21(17-25(32)33)15-18-10-13-30(14-11-18)24(31)9-8-23-7-6-19-4-2-12-28-26(19)29-23/h1,3,5-7,16,18,21H,2,4,8-15,17,27H2,(H,28,29)(H,32,33). The van der Waals surface area contributed by atoms with Gasteiger partial charge in [-0.3, -0.25) is 9.59 Å². The summed E-state index contributed by atoms with van der Waals surface area (Å²) >= 11 is 0. The summed E-state index contributed by atoms with van der Waals surface area (Å²) in [6.45, 7) is 2.43. The maximum atomic E-state index is 12.8. The molecule has 7 nitrogen and oxygen atoms in total. The zero-order valence-electron chi connectivity index (χ0n) is 19.1. The van der Waals surface area contributed by atoms with Crippen molar-refractivity contribution < 1.29 is 14.7 Å². The number of aliphatic carboxylic acids is 1. The molecule has 1 atom stereocenters. The van der Waals surface area contributed by atoms with Crippen molar-refractivity contribution in [2.45, 2.75) is 57.3 Å². The van der Waals surface area contributed by atoms with Gasteiger partial charge in [0, 0.05) is 37.4 Å². The monoisotopic (exact) mass is 450 g/mol. The van der Waals surface area contributed by atoms with Crippen LogP contribution in [0.5, 0.6) is 0 Å². The smallest absolute Gasteiger partial charge is 0.303 e. The summed E-state index contributed by atoms with van der Waals surface area (Å²) in [4.78, 5) is 30.9. The molecular weight excluding hydrogens is 416 g/mol. The third-order valence-corrected chi connectivity index (χ3v) is 6.94. The highest BCUT2D eigenvalue weighted by molar-refractivity contribution is 5.76. The summed E-state index contributed by atoms with van der Waals surface area (Å²) in [5, 5.41) is 12.7. The van der Waals surface area contributed by atoms with Crippen LogP contribution in [0.3, 0.4) is 0 Å². The molecule has 1 amide bonds. The van der Waals surface area contributed by atoms with Gasteiger partial charge in [-0.25, -0.2) is 4.98 Å². The average molecular weight is 451 g/mol. The first-order valence-corrected chi connectivity index (χ1v) is 12.1. The Labute approximate surface area is 195 Å². The van der Waals surface area contributed by atoms with Gasteiger partial charge in [-0.15, -0.1) is 0 Å². The third-order valence-electron chi connectivity index (χ3n) is 6.94. The zero-order valence-corrected chi connectivity index (χ0v) is 19.1. The molecule has 2 aromatic rings. The molecule has 2 aliphatic heterocycles. The number of nitrogens with zero attached hydrogens (tertiary/aromatic N) is 2. The molecule has 0 spiro atoms. The van der Waals surface area contributed by atoms with Gasteiger partial charge in [-0.1, -0.05) is 18.2 Å². The van der Waals surface area contributed by atoms with Gasteiger partial charge in [-0.05, 0) is 79.7 Å². The Bertz CT molecular complexity index is 985. The van der Waals surface area contributed by atoms with E-state index in [9.17, 15) is 14.7 Å². The number of nitrogen functional groups attached to an aromatic ring is 1. The number of fused-ring (bicyclic) bond motifs is 1. The number of pyridine rings is 1. The normalized spacial score (nSPS) is 17.2. The number of rotatable bonds is 8. The van der Waals surface area contributed by atoms with E-state index in [1.165, 1.54) is 5.56 Å². The lowest BCUT2D eigenvalue weighted by atomic mass is 9.82. The Morgan fingerprint density at radius 2 is 2.03 bits per heavy atom. The van der Waals surface area contributed by atoms with Crippen LogP contribution in [0.2, 0.25) is 0 Å². The number of hydrogen-bond acceptors (Lipinski definition) is 5. The number of nitrogens with two attached hydrogens (primary N) is 1. The lowest BCUT2D eigenvalue weighted by Gasteiger charge is -2.33. The number of benzene rings is 1. The summed E-state index contributed by atoms with van der Waals surface area (Å²) in [5.41, 5.74) is 9.79. The lowest BCUT2D eigenvalue weighted by Crippen LogP contribution is -2.39. The molecule has 0 radical (unpaired) electrons. The van der Waals surface area contributed by atoms with Crippen molar-refractivity contribution in [1.82, 2.24) is 9.88 Å². The number of hydrogen-bond donors (Lipinski definition) is 3. The number of carboxylic acids is 1. The second kappa shape index (κ2) is 10.7. The van der Waals surface area contributed by atoms with E-state index in [0.717, 1.165) is 68.8 Å². The number of aromatic nitrogens is 1. The summed E-state index contributed by atoms with van der Waals surface area (Å²) < 4.78 is 0. The summed E-state index contributed by atoms with van der Waals surface area (Å²) in [6.07, 6.45) is 6.06. The Kier molecular flexibility index (Phi) is 7.47. The van der Waals surface area contributed by atoms with E-state index in [2.05, 4.69) is 11.4 Å². The largest absolute Gasteiger partial charge is 0.481 e. The molecular formula is C26H34N4O3. The Balaban J connectivity index is 1.27. The number of nitrogens with one attached hydrogen (secondary N) is 1. The highest BCUT2D eigenvalue weighted by Gasteiger charge is 2.27. The number of carboxylic acid groups (broad SMARTS) is 1. The van der Waals surface area contributed by atoms with E-state index in [1.54, 1.807) is 0 Å². The SMILES string of the molecule is Nc1cccc(C(CC(=O)O)CC2CCN(C(=O)CCc3ccc4c(n3)NCCC4)CC2)c1. The molecule has 0 bridgehead atoms. The first-order valence-electron chi connectivity index (χ1n) is 12.1. The van der Waals surface area contributed by atoms with Crippen molar-refractivity contribution in [3.63, 3.8) is 0 Å². The van der Waals surface area contributed by atoms with Crippen molar-refractivity contribution in [2.75, 3.05) is 30.7 Å². The van der Waals surface area contributed by atoms with Gasteiger partial charge in [-0.2, -0.15) is 0 Å². The molecule has 1 saturated heterocycles. The van der Waals surface area contributed by atoms with Gasteiger partial charge in [0.05, 0.1) is 6.42 Å². The molecule has 33 heavy (non-hydrogen) atoms. The van der Waals surface area contributed by atoms with E-state index in [-0.39, 0.29) is 18.2 Å². The molecule has 0 aliphatic carbocycles. The van der Waals surface area contributed by atoms with Crippen LogP contribution in [-0.2, 0) is 22.4 Å². The number of piperidine rings is 1. The van der Waals surface area contributed by atoms with Gasteiger partial charge >= 0.3 is 5.97 Å². The minimum absolute atomic E-state index is 0.0538. The van der Waals surface area contributed by atoms with E-state index < -0.39 is 5.97 Å². The number of carbonyl (C=O) groups excluding carboxylic acids is 1. The average Bonchev–Trinajstić information content (AvgIpc) is 2.82. The molecule has 4 N–H and O–H groups in total. The molecule has 1 aromatic heterocycles. The van der Waals surface area contributed by atoms with Crippen LogP contribution in [-0.4, -0.2) is 46.5 Å². The van der Waals surface area contributed by atoms with E-state index in [0.29, 0.717) is 24.4 Å². The number of aryl methyl sites for hydroxylation is 2. The zero-order chi connectivity index (χ0) is 23.2. The molecule has 3 heterocycles. The quantitative estimate of drug-likeness (QED) is 0.527. The Hall–Kier alpha value is -3.09. The minimum Gasteiger partial charge on any atom is -0.481 e. The molecule has 0 saturated carbocycles. The maximum absolute atomic E-state index is 12.8. The van der Waals surface area contributed by atoms with Crippen molar-refractivity contribution in [3.8, 4) is 0 Å². The van der Waals surface area contributed by atoms with Crippen LogP contribution in [0, 0.1) is 5.92 Å². The highest BCUT2D eigenvalue weighted by atomic mass is 16.4. The van der Waals surface area contributed by atoms with Gasteiger partial charge < -0.3 is 21.1 Å². The number of likely N-dealkylation sites (tertiary alicyclic amines) is 1. The topological polar surface area (TPSA) is 109 Å². The number of amides is 1. The first-order chi connectivity index (χ1) is 16.0. The predicted octanol–water partition coefficient (Wildman–Crippen LogP) is 3.84. The van der Waals surface area contributed by atoms with Crippen molar-refractivity contribution in [3.05, 3.63) is 53.2 Å². The molecule has 176 valence electrons. The van der Waals surface area contributed by atoms with Crippen LogP contribution < -0.4 is 11.1 Å². The van der Waals surface area contributed by atoms with Crippen molar-refractivity contribution in [2.24, 2.45) is 5.92 Å². The van der Waals surface area contributed by atoms with Crippen molar-refractivity contribution in [1.29, 1.82) is 0 Å². The molecule has 1 unspecified atom stereocenters. The van der Waals surface area contributed by atoms with E-state index in [1.807, 2.05) is 35.2 Å². The molecule has 4 rings (SSSR count). The van der Waals surface area contributed by atoms with Crippen LogP contribution in [0.25, 0.3) is 0 Å². The van der Waals surface area contributed by atoms with Gasteiger partial charge in [0.25, 0.3) is 0 Å². The van der Waals surface area contributed by atoms with Gasteiger partial charge in [0.1, 0.15) is 5.82 Å². The molecule has 1 fully saturated rings. The van der Waals surface area contributed by atoms with Crippen LogP contribution in [0.4, 0.5) is 11.5 Å². The summed E-state index contributed by atoms with van der Waals surface area (Å²) in [7, 11) is 0. The van der Waals surface area contributed by atoms with E-state index in [4.69, 9.17) is 10.7 Å². The Morgan fingerprint density at radius 3 is 2.79 bits per heavy atom. The fraction of sp³-hybridized carbons (Fsp3) is 0.500. The minimum atomic E-state index is -0.791. The molecule has 7 heteroatoms. The Morgan fingerprint density at radius 1 is 1.21 bits per heavy atom. The van der Waals surface area contributed by atoms with Crippen LogP contribution in [0.1, 0.15) is 61.3 Å². The predicted molar refractivity (Wildman–Crippen MR) is 129 cm³/mol. The second-order valence-corrected chi connectivity index (χ2v) is 9.37. The fourth-order valence-electron chi connectivity index (χ4n) is 5.08. The van der Waals surface area contributed by atoms with Gasteiger partial charge in [0.15, 0.2) is 0 Å². The van der Waals surface area contributed by atoms with Crippen molar-refractivity contribution >= 4 is 23.4 Å². The maximum Gasteiger partial charge on any atom is 0.303 e. The first kappa shape index (κ1) is 23.1. The molecule has 1 aromatic carbocycles. The fourth-order valence-corrected chi connectivity index (χ4v) is 5.08. The summed E-state index contributed by atoms with van der Waals surface area (Å²) in [5.74, 6) is 0.720. The van der Waals surface area contributed by atoms with E-state index >= 15 is 0 Å². The lowest BCUT2D eigenvalue weighted by molar-refractivity contribution is -0.137. The third kappa shape index (κ3) is 6.24. The van der Waals surface area contributed by atoms with Gasteiger partial charge in [0.2, 0.25) is 5.91 Å². The highest BCUT2D eigenvalue weighted by Crippen LogP contribution is 2.33. The van der Waals surface area contributed by atoms with Crippen LogP contribution in [0.15, 0.2) is 36.4 Å². The number of anilines is 2.